The molecular formula is C13H22NO4P. The molecule has 0 aliphatic rings. The van der Waals surface area contributed by atoms with Crippen molar-refractivity contribution in [1.29, 1.82) is 0 Å². The molecule has 19 heavy (non-hydrogen) atoms. The van der Waals surface area contributed by atoms with Crippen molar-refractivity contribution in [3.63, 3.8) is 0 Å². The highest BCUT2D eigenvalue weighted by atomic mass is 31.2. The van der Waals surface area contributed by atoms with Gasteiger partial charge in [0.15, 0.2) is 11.5 Å². The lowest BCUT2D eigenvalue weighted by atomic mass is 10.1. The van der Waals surface area contributed by atoms with E-state index in [0.29, 0.717) is 24.2 Å². The number of aliphatic hydroxyl groups excluding tert-OH is 1. The average Bonchev–Trinajstić information content (AvgIpc) is 2.36. The molecule has 1 rings (SSSR count). The van der Waals surface area contributed by atoms with Crippen LogP contribution in [0, 0.1) is 0 Å². The summed E-state index contributed by atoms with van der Waals surface area (Å²) >= 11 is 0. The van der Waals surface area contributed by atoms with Crippen LogP contribution in [-0.4, -0.2) is 45.4 Å². The van der Waals surface area contributed by atoms with Crippen LogP contribution in [0.5, 0.6) is 11.5 Å². The first kappa shape index (κ1) is 15.9. The van der Waals surface area contributed by atoms with E-state index in [1.54, 1.807) is 39.7 Å². The Hall–Kier alpha value is -1.19. The van der Waals surface area contributed by atoms with Gasteiger partial charge in [0, 0.05) is 12.7 Å². The second kappa shape index (κ2) is 6.83. The van der Waals surface area contributed by atoms with Crippen LogP contribution in [0.3, 0.4) is 0 Å². The predicted molar refractivity (Wildman–Crippen MR) is 78.3 cm³/mol. The minimum atomic E-state index is -2.05. The molecule has 0 atom stereocenters. The van der Waals surface area contributed by atoms with Crippen LogP contribution in [0.2, 0.25) is 0 Å². The minimum absolute atomic E-state index is 0.0743. The Morgan fingerprint density at radius 2 is 1.95 bits per heavy atom. The van der Waals surface area contributed by atoms with Gasteiger partial charge in [-0.25, -0.2) is 0 Å². The largest absolute Gasteiger partial charge is 0.493 e. The molecule has 1 aromatic rings. The molecule has 0 spiro atoms. The van der Waals surface area contributed by atoms with Crippen LogP contribution in [-0.2, 0) is 11.2 Å². The van der Waals surface area contributed by atoms with Crippen molar-refractivity contribution in [3.05, 3.63) is 17.7 Å². The van der Waals surface area contributed by atoms with Crippen LogP contribution >= 0.6 is 7.14 Å². The fourth-order valence-corrected chi connectivity index (χ4v) is 2.35. The van der Waals surface area contributed by atoms with Gasteiger partial charge in [-0.15, -0.1) is 0 Å². The first-order valence-electron chi connectivity index (χ1n) is 6.05. The number of hydrogen-bond acceptors (Lipinski definition) is 5. The molecule has 5 nitrogen and oxygen atoms in total. The highest BCUT2D eigenvalue weighted by Gasteiger charge is 2.13. The van der Waals surface area contributed by atoms with Crippen LogP contribution in [0.15, 0.2) is 12.1 Å². The summed E-state index contributed by atoms with van der Waals surface area (Å²) < 4.78 is 22.2. The zero-order valence-electron chi connectivity index (χ0n) is 11.9. The van der Waals surface area contributed by atoms with E-state index in [2.05, 4.69) is 5.32 Å². The summed E-state index contributed by atoms with van der Waals surface area (Å²) in [6, 6.07) is 3.53. The van der Waals surface area contributed by atoms with E-state index in [-0.39, 0.29) is 6.61 Å². The molecule has 2 N–H and O–H groups in total. The van der Waals surface area contributed by atoms with Gasteiger partial charge < -0.3 is 24.5 Å². The third-order valence-electron chi connectivity index (χ3n) is 2.69. The normalized spacial score (nSPS) is 11.2. The van der Waals surface area contributed by atoms with Gasteiger partial charge in [0.1, 0.15) is 0 Å². The molecule has 1 aromatic carbocycles. The van der Waals surface area contributed by atoms with Crippen LogP contribution in [0.4, 0.5) is 5.69 Å². The second-order valence-corrected chi connectivity index (χ2v) is 8.36. The highest BCUT2D eigenvalue weighted by Crippen LogP contribution is 2.38. The first-order valence-corrected chi connectivity index (χ1v) is 8.83. The lowest BCUT2D eigenvalue weighted by Crippen LogP contribution is -2.08. The molecule has 0 heterocycles. The molecule has 0 amide bonds. The first-order chi connectivity index (χ1) is 8.91. The molecule has 6 heteroatoms. The third kappa shape index (κ3) is 4.77. The van der Waals surface area contributed by atoms with Gasteiger partial charge in [-0.3, -0.25) is 0 Å². The molecule has 0 bridgehead atoms. The van der Waals surface area contributed by atoms with Crippen molar-refractivity contribution in [3.8, 4) is 11.5 Å². The molecule has 0 aliphatic heterocycles. The summed E-state index contributed by atoms with van der Waals surface area (Å²) in [6.45, 7) is 4.03. The summed E-state index contributed by atoms with van der Waals surface area (Å²) in [6.07, 6.45) is 0.599. The quantitative estimate of drug-likeness (QED) is 0.753. The topological polar surface area (TPSA) is 67.8 Å². The van der Waals surface area contributed by atoms with Crippen molar-refractivity contribution in [2.75, 3.05) is 45.6 Å². The maximum atomic E-state index is 11.7. The summed E-state index contributed by atoms with van der Waals surface area (Å²) in [4.78, 5) is 0. The van der Waals surface area contributed by atoms with Gasteiger partial charge in [0.2, 0.25) is 0 Å². The van der Waals surface area contributed by atoms with Gasteiger partial charge in [-0.2, -0.15) is 0 Å². The second-order valence-electron chi connectivity index (χ2n) is 4.76. The van der Waals surface area contributed by atoms with Crippen molar-refractivity contribution >= 4 is 12.8 Å². The number of aliphatic hydroxyl groups is 1. The van der Waals surface area contributed by atoms with Crippen molar-refractivity contribution in [1.82, 2.24) is 0 Å². The third-order valence-corrected chi connectivity index (χ3v) is 3.99. The lowest BCUT2D eigenvalue weighted by molar-refractivity contribution is 0.280. The Morgan fingerprint density at radius 3 is 2.42 bits per heavy atom. The Balaban J connectivity index is 2.94. The van der Waals surface area contributed by atoms with E-state index in [0.717, 1.165) is 11.3 Å². The molecule has 0 aromatic heterocycles. The van der Waals surface area contributed by atoms with E-state index in [4.69, 9.17) is 9.47 Å². The molecule has 0 fully saturated rings. The number of benzene rings is 1. The van der Waals surface area contributed by atoms with Crippen molar-refractivity contribution in [2.24, 2.45) is 0 Å². The summed E-state index contributed by atoms with van der Waals surface area (Å²) in [5, 5.41) is 12.4. The van der Waals surface area contributed by atoms with Crippen LogP contribution in [0.1, 0.15) is 5.56 Å². The van der Waals surface area contributed by atoms with Gasteiger partial charge in [-0.1, -0.05) is 0 Å². The van der Waals surface area contributed by atoms with E-state index < -0.39 is 7.14 Å². The summed E-state index contributed by atoms with van der Waals surface area (Å²) in [5.41, 5.74) is 1.47. The molecule has 0 saturated heterocycles. The summed E-state index contributed by atoms with van der Waals surface area (Å²) in [7, 11) is 1.06. The number of anilines is 1. The predicted octanol–water partition coefficient (Wildman–Crippen LogP) is 2.23. The minimum Gasteiger partial charge on any atom is -0.493 e. The summed E-state index contributed by atoms with van der Waals surface area (Å²) in [5.74, 6) is 1.15. The monoisotopic (exact) mass is 287 g/mol. The molecule has 0 radical (unpaired) electrons. The van der Waals surface area contributed by atoms with Crippen molar-refractivity contribution in [2.45, 2.75) is 6.61 Å². The Labute approximate surface area is 114 Å². The molecular weight excluding hydrogens is 265 g/mol. The zero-order chi connectivity index (χ0) is 14.5. The number of ether oxygens (including phenoxy) is 2. The van der Waals surface area contributed by atoms with Crippen LogP contribution < -0.4 is 14.8 Å². The van der Waals surface area contributed by atoms with E-state index in [9.17, 15) is 9.67 Å². The van der Waals surface area contributed by atoms with Gasteiger partial charge in [-0.05, 0) is 31.0 Å². The standard InChI is InChI=1S/C13H22NO4P/c1-17-12-8-10(9-15)7-11(13(12)18-2)14-5-6-19(3,4)16/h7-8,14-15H,5-6,9H2,1-4H3. The maximum absolute atomic E-state index is 11.7. The Bertz CT molecular complexity index is 470. The van der Waals surface area contributed by atoms with Crippen molar-refractivity contribution < 1.29 is 19.1 Å². The molecule has 0 aliphatic carbocycles. The molecule has 0 unspecified atom stereocenters. The SMILES string of the molecule is COc1cc(CO)cc(NCCP(C)(C)=O)c1OC. The Kier molecular flexibility index (Phi) is 5.70. The number of nitrogens with one attached hydrogen (secondary N) is 1. The number of hydrogen-bond donors (Lipinski definition) is 2. The number of rotatable bonds is 7. The van der Waals surface area contributed by atoms with E-state index in [1.807, 2.05) is 0 Å². The fraction of sp³-hybridized carbons (Fsp3) is 0.538. The van der Waals surface area contributed by atoms with Crippen LogP contribution in [0.25, 0.3) is 0 Å². The number of methoxy groups -OCH3 is 2. The van der Waals surface area contributed by atoms with E-state index >= 15 is 0 Å². The molecule has 108 valence electrons. The lowest BCUT2D eigenvalue weighted by Gasteiger charge is -2.16. The van der Waals surface area contributed by atoms with E-state index in [1.165, 1.54) is 0 Å². The smallest absolute Gasteiger partial charge is 0.183 e. The highest BCUT2D eigenvalue weighted by molar-refractivity contribution is 7.62. The molecule has 0 saturated carbocycles. The van der Waals surface area contributed by atoms with Gasteiger partial charge >= 0.3 is 0 Å². The fourth-order valence-electron chi connectivity index (χ4n) is 1.70. The van der Waals surface area contributed by atoms with Gasteiger partial charge in [0.05, 0.1) is 33.7 Å². The maximum Gasteiger partial charge on any atom is 0.183 e. The van der Waals surface area contributed by atoms with Gasteiger partial charge in [0.25, 0.3) is 0 Å². The Morgan fingerprint density at radius 1 is 1.26 bits per heavy atom. The zero-order valence-corrected chi connectivity index (χ0v) is 12.8. The average molecular weight is 287 g/mol.